The monoisotopic (exact) mass is 373 g/mol. The maximum atomic E-state index is 6.13. The van der Waals surface area contributed by atoms with Crippen LogP contribution in [0.1, 0.15) is 12.5 Å². The van der Waals surface area contributed by atoms with Crippen molar-refractivity contribution in [3.05, 3.63) is 56.5 Å². The van der Waals surface area contributed by atoms with Crippen molar-refractivity contribution >= 4 is 39.1 Å². The zero-order valence-corrected chi connectivity index (χ0v) is 14.0. The Bertz CT molecular complexity index is 604. The van der Waals surface area contributed by atoms with E-state index in [1.807, 2.05) is 18.2 Å². The lowest BCUT2D eigenvalue weighted by atomic mass is 10.2. The minimum Gasteiger partial charge on any atom is -0.455 e. The molecule has 0 aliphatic carbocycles. The zero-order chi connectivity index (χ0) is 14.5. The summed E-state index contributed by atoms with van der Waals surface area (Å²) in [5, 5.41) is 4.40. The first kappa shape index (κ1) is 15.6. The van der Waals surface area contributed by atoms with E-state index in [0.29, 0.717) is 15.8 Å². The van der Waals surface area contributed by atoms with Crippen molar-refractivity contribution in [3.8, 4) is 11.5 Å². The molecule has 0 fully saturated rings. The van der Waals surface area contributed by atoms with Crippen LogP contribution >= 0.6 is 39.1 Å². The molecule has 0 saturated carbocycles. The van der Waals surface area contributed by atoms with Crippen molar-refractivity contribution in [1.29, 1.82) is 0 Å². The summed E-state index contributed by atoms with van der Waals surface area (Å²) in [7, 11) is 0. The molecule has 20 heavy (non-hydrogen) atoms. The van der Waals surface area contributed by atoms with Crippen molar-refractivity contribution in [2.45, 2.75) is 13.5 Å². The Hall–Kier alpha value is -0.740. The first-order valence-electron chi connectivity index (χ1n) is 6.22. The molecule has 2 rings (SSSR count). The molecule has 2 nitrogen and oxygen atoms in total. The Balaban J connectivity index is 2.31. The van der Waals surface area contributed by atoms with E-state index >= 15 is 0 Å². The third-order valence-electron chi connectivity index (χ3n) is 2.71. The summed E-state index contributed by atoms with van der Waals surface area (Å²) in [6.07, 6.45) is 0. The third-order valence-corrected chi connectivity index (χ3v) is 3.75. The lowest BCUT2D eigenvalue weighted by molar-refractivity contribution is 0.473. The van der Waals surface area contributed by atoms with Crippen LogP contribution in [-0.4, -0.2) is 6.54 Å². The highest BCUT2D eigenvalue weighted by Gasteiger charge is 2.09. The summed E-state index contributed by atoms with van der Waals surface area (Å²) in [5.41, 5.74) is 1.06. The highest BCUT2D eigenvalue weighted by Crippen LogP contribution is 2.34. The topological polar surface area (TPSA) is 21.3 Å². The fourth-order valence-corrected chi connectivity index (χ4v) is 2.36. The average Bonchev–Trinajstić information content (AvgIpc) is 2.42. The second kappa shape index (κ2) is 7.32. The molecule has 0 unspecified atom stereocenters. The molecule has 0 atom stereocenters. The number of rotatable bonds is 5. The molecular formula is C15H14BrCl2NO. The van der Waals surface area contributed by atoms with Gasteiger partial charge < -0.3 is 10.1 Å². The van der Waals surface area contributed by atoms with Gasteiger partial charge in [0.05, 0.1) is 5.02 Å². The van der Waals surface area contributed by atoms with Crippen molar-refractivity contribution in [2.24, 2.45) is 0 Å². The van der Waals surface area contributed by atoms with Crippen LogP contribution in [0.3, 0.4) is 0 Å². The summed E-state index contributed by atoms with van der Waals surface area (Å²) >= 11 is 15.6. The third kappa shape index (κ3) is 4.13. The Morgan fingerprint density at radius 3 is 2.65 bits per heavy atom. The second-order valence-electron chi connectivity index (χ2n) is 4.21. The number of hydrogen-bond donors (Lipinski definition) is 1. The molecule has 2 aromatic rings. The van der Waals surface area contributed by atoms with Gasteiger partial charge in [0.2, 0.25) is 0 Å². The summed E-state index contributed by atoms with van der Waals surface area (Å²) in [6, 6.07) is 11.1. The molecule has 0 aliphatic rings. The Morgan fingerprint density at radius 1 is 1.10 bits per heavy atom. The highest BCUT2D eigenvalue weighted by molar-refractivity contribution is 9.10. The summed E-state index contributed by atoms with van der Waals surface area (Å²) in [4.78, 5) is 0. The van der Waals surface area contributed by atoms with E-state index in [1.54, 1.807) is 18.2 Å². The van der Waals surface area contributed by atoms with Gasteiger partial charge in [-0.25, -0.2) is 0 Å². The number of benzene rings is 2. The van der Waals surface area contributed by atoms with Crippen LogP contribution in [0.5, 0.6) is 11.5 Å². The summed E-state index contributed by atoms with van der Waals surface area (Å²) in [6.45, 7) is 3.69. The van der Waals surface area contributed by atoms with Crippen LogP contribution in [-0.2, 0) is 6.54 Å². The van der Waals surface area contributed by atoms with E-state index in [1.165, 1.54) is 0 Å². The van der Waals surface area contributed by atoms with Crippen LogP contribution in [0.15, 0.2) is 40.9 Å². The molecule has 0 aromatic heterocycles. The van der Waals surface area contributed by atoms with Gasteiger partial charge in [0, 0.05) is 27.7 Å². The minimum atomic E-state index is 0.531. The van der Waals surface area contributed by atoms with Crippen molar-refractivity contribution in [1.82, 2.24) is 5.32 Å². The number of hydrogen-bond acceptors (Lipinski definition) is 2. The molecule has 1 N–H and O–H groups in total. The van der Waals surface area contributed by atoms with Crippen LogP contribution in [0.2, 0.25) is 10.0 Å². The number of halogens is 3. The molecule has 0 heterocycles. The van der Waals surface area contributed by atoms with E-state index in [2.05, 4.69) is 28.2 Å². The Labute approximate surface area is 137 Å². The predicted molar refractivity (Wildman–Crippen MR) is 88.1 cm³/mol. The van der Waals surface area contributed by atoms with Gasteiger partial charge >= 0.3 is 0 Å². The van der Waals surface area contributed by atoms with Gasteiger partial charge in [0.25, 0.3) is 0 Å². The summed E-state index contributed by atoms with van der Waals surface area (Å²) < 4.78 is 6.86. The number of nitrogens with one attached hydrogen (secondary N) is 1. The molecule has 2 aromatic carbocycles. The number of ether oxygens (including phenoxy) is 1. The van der Waals surface area contributed by atoms with Gasteiger partial charge in [0.1, 0.15) is 11.5 Å². The highest BCUT2D eigenvalue weighted by atomic mass is 79.9. The molecule has 5 heteroatoms. The van der Waals surface area contributed by atoms with Crippen molar-refractivity contribution < 1.29 is 4.74 Å². The van der Waals surface area contributed by atoms with Crippen LogP contribution in [0.4, 0.5) is 0 Å². The molecule has 106 valence electrons. The smallest absolute Gasteiger partial charge is 0.147 e. The fraction of sp³-hybridized carbons (Fsp3) is 0.200. The van der Waals surface area contributed by atoms with Gasteiger partial charge in [-0.15, -0.1) is 0 Å². The van der Waals surface area contributed by atoms with Crippen molar-refractivity contribution in [2.75, 3.05) is 6.54 Å². The quantitative estimate of drug-likeness (QED) is 0.729. The second-order valence-corrected chi connectivity index (χ2v) is 5.97. The zero-order valence-electron chi connectivity index (χ0n) is 10.9. The van der Waals surface area contributed by atoms with Crippen LogP contribution < -0.4 is 10.1 Å². The minimum absolute atomic E-state index is 0.531. The van der Waals surface area contributed by atoms with Crippen LogP contribution in [0.25, 0.3) is 0 Å². The van der Waals surface area contributed by atoms with E-state index in [-0.39, 0.29) is 0 Å². The Morgan fingerprint density at radius 2 is 1.90 bits per heavy atom. The standard InChI is InChI=1S/C15H14BrCl2NO/c1-2-19-9-10-3-4-11(16)7-14(10)20-15-8-12(17)5-6-13(15)18/h3-8,19H,2,9H2,1H3. The van der Waals surface area contributed by atoms with Gasteiger partial charge in [-0.2, -0.15) is 0 Å². The molecule has 0 bridgehead atoms. The molecule has 0 aliphatic heterocycles. The maximum Gasteiger partial charge on any atom is 0.147 e. The predicted octanol–water partition coefficient (Wildman–Crippen LogP) is 5.66. The van der Waals surface area contributed by atoms with Crippen LogP contribution in [0, 0.1) is 0 Å². The molecular weight excluding hydrogens is 361 g/mol. The van der Waals surface area contributed by atoms with E-state index in [0.717, 1.165) is 28.9 Å². The average molecular weight is 375 g/mol. The lowest BCUT2D eigenvalue weighted by Gasteiger charge is -2.13. The van der Waals surface area contributed by atoms with Gasteiger partial charge in [-0.05, 0) is 30.8 Å². The van der Waals surface area contributed by atoms with Gasteiger partial charge in [0.15, 0.2) is 0 Å². The molecule has 0 radical (unpaired) electrons. The van der Waals surface area contributed by atoms with Gasteiger partial charge in [-0.1, -0.05) is 52.1 Å². The summed E-state index contributed by atoms with van der Waals surface area (Å²) in [5.74, 6) is 1.31. The lowest BCUT2D eigenvalue weighted by Crippen LogP contribution is -2.12. The van der Waals surface area contributed by atoms with Crippen molar-refractivity contribution in [3.63, 3.8) is 0 Å². The van der Waals surface area contributed by atoms with Gasteiger partial charge in [-0.3, -0.25) is 0 Å². The van der Waals surface area contributed by atoms with E-state index in [4.69, 9.17) is 27.9 Å². The molecule has 0 spiro atoms. The largest absolute Gasteiger partial charge is 0.455 e. The SMILES string of the molecule is CCNCc1ccc(Br)cc1Oc1cc(Cl)ccc1Cl. The normalized spacial score (nSPS) is 10.6. The maximum absolute atomic E-state index is 6.13. The molecule has 0 amide bonds. The first-order valence-corrected chi connectivity index (χ1v) is 7.77. The first-order chi connectivity index (χ1) is 9.60. The van der Waals surface area contributed by atoms with E-state index < -0.39 is 0 Å². The Kier molecular flexibility index (Phi) is 5.73. The fourth-order valence-electron chi connectivity index (χ4n) is 1.70. The molecule has 0 saturated heterocycles. The van der Waals surface area contributed by atoms with E-state index in [9.17, 15) is 0 Å².